The fraction of sp³-hybridized carbons (Fsp3) is 0.538. The third kappa shape index (κ3) is 2.51. The number of hydrogen-bond donors (Lipinski definition) is 1. The van der Waals surface area contributed by atoms with Crippen LogP contribution >= 0.6 is 0 Å². The van der Waals surface area contributed by atoms with E-state index in [0.29, 0.717) is 5.56 Å². The van der Waals surface area contributed by atoms with Gasteiger partial charge < -0.3 is 5.73 Å². The van der Waals surface area contributed by atoms with E-state index in [1.54, 1.807) is 18.2 Å². The van der Waals surface area contributed by atoms with Gasteiger partial charge in [0.1, 0.15) is 5.82 Å². The molecule has 0 radical (unpaired) electrons. The van der Waals surface area contributed by atoms with Crippen molar-refractivity contribution in [1.29, 1.82) is 0 Å². The molecule has 0 unspecified atom stereocenters. The van der Waals surface area contributed by atoms with Crippen LogP contribution in [0.2, 0.25) is 0 Å². The van der Waals surface area contributed by atoms with E-state index in [9.17, 15) is 17.6 Å². The molecule has 5 heteroatoms. The van der Waals surface area contributed by atoms with Crippen molar-refractivity contribution >= 4 is 0 Å². The first kappa shape index (κ1) is 13.3. The number of alkyl halides is 3. The number of halogens is 4. The molecule has 100 valence electrons. The summed E-state index contributed by atoms with van der Waals surface area (Å²) >= 11 is 0. The Balaban J connectivity index is 2.15. The van der Waals surface area contributed by atoms with Crippen LogP contribution in [-0.4, -0.2) is 6.18 Å². The summed E-state index contributed by atoms with van der Waals surface area (Å²) in [5.74, 6) is -1.74. The van der Waals surface area contributed by atoms with Crippen molar-refractivity contribution < 1.29 is 17.6 Å². The van der Waals surface area contributed by atoms with Crippen molar-refractivity contribution in [2.45, 2.75) is 37.4 Å². The minimum absolute atomic E-state index is 0.0334. The zero-order valence-corrected chi connectivity index (χ0v) is 9.80. The lowest BCUT2D eigenvalue weighted by Crippen LogP contribution is -2.43. The molecule has 0 bridgehead atoms. The van der Waals surface area contributed by atoms with E-state index in [1.165, 1.54) is 6.07 Å². The van der Waals surface area contributed by atoms with Gasteiger partial charge in [-0.25, -0.2) is 4.39 Å². The highest BCUT2D eigenvalue weighted by Crippen LogP contribution is 2.44. The minimum atomic E-state index is -4.17. The van der Waals surface area contributed by atoms with Crippen molar-refractivity contribution in [3.63, 3.8) is 0 Å². The Bertz CT molecular complexity index is 419. The summed E-state index contributed by atoms with van der Waals surface area (Å²) in [6, 6.07) is 6.05. The molecule has 0 amide bonds. The van der Waals surface area contributed by atoms with Gasteiger partial charge in [0.25, 0.3) is 0 Å². The second kappa shape index (κ2) is 4.53. The summed E-state index contributed by atoms with van der Waals surface area (Å²) in [5, 5.41) is 0. The first-order valence-corrected chi connectivity index (χ1v) is 5.93. The van der Waals surface area contributed by atoms with Crippen molar-refractivity contribution in [3.8, 4) is 0 Å². The quantitative estimate of drug-likeness (QED) is 0.766. The van der Waals surface area contributed by atoms with Crippen molar-refractivity contribution in [3.05, 3.63) is 35.6 Å². The van der Waals surface area contributed by atoms with Crippen LogP contribution in [0.3, 0.4) is 0 Å². The Morgan fingerprint density at radius 3 is 2.17 bits per heavy atom. The molecule has 1 aliphatic rings. The van der Waals surface area contributed by atoms with Gasteiger partial charge in [-0.2, -0.15) is 13.2 Å². The normalized spacial score (nSPS) is 29.3. The second-order valence-electron chi connectivity index (χ2n) is 4.95. The number of benzene rings is 1. The van der Waals surface area contributed by atoms with Crippen LogP contribution in [0.15, 0.2) is 24.3 Å². The topological polar surface area (TPSA) is 26.0 Å². The smallest absolute Gasteiger partial charge is 0.321 e. The maximum atomic E-state index is 13.6. The lowest BCUT2D eigenvalue weighted by atomic mass is 9.73. The SMILES string of the molecule is NC1(c2ccccc2F)CCC(C(F)(F)F)CC1. The molecule has 1 saturated carbocycles. The molecule has 2 N–H and O–H groups in total. The van der Waals surface area contributed by atoms with Crippen molar-refractivity contribution in [2.24, 2.45) is 11.7 Å². The van der Waals surface area contributed by atoms with E-state index in [-0.39, 0.29) is 25.7 Å². The molecule has 1 aromatic rings. The van der Waals surface area contributed by atoms with E-state index in [2.05, 4.69) is 0 Å². The van der Waals surface area contributed by atoms with Crippen LogP contribution in [0.4, 0.5) is 17.6 Å². The molecule has 1 fully saturated rings. The summed E-state index contributed by atoms with van der Waals surface area (Å²) in [4.78, 5) is 0. The van der Waals surface area contributed by atoms with Gasteiger partial charge in [-0.1, -0.05) is 18.2 Å². The Labute approximate surface area is 103 Å². The molecule has 1 aliphatic carbocycles. The van der Waals surface area contributed by atoms with Gasteiger partial charge in [-0.15, -0.1) is 0 Å². The Morgan fingerprint density at radius 1 is 1.11 bits per heavy atom. The highest BCUT2D eigenvalue weighted by molar-refractivity contribution is 5.26. The number of rotatable bonds is 1. The Morgan fingerprint density at radius 2 is 1.67 bits per heavy atom. The minimum Gasteiger partial charge on any atom is -0.321 e. The summed E-state index contributed by atoms with van der Waals surface area (Å²) in [6.07, 6.45) is -3.91. The van der Waals surface area contributed by atoms with Crippen LogP contribution < -0.4 is 5.73 Å². The fourth-order valence-corrected chi connectivity index (χ4v) is 2.59. The third-order valence-corrected chi connectivity index (χ3v) is 3.75. The maximum absolute atomic E-state index is 13.6. The fourth-order valence-electron chi connectivity index (χ4n) is 2.59. The standard InChI is InChI=1S/C13H15F4N/c14-11-4-2-1-3-10(11)12(18)7-5-9(6-8-12)13(15,16)17/h1-4,9H,5-8,18H2. The Kier molecular flexibility index (Phi) is 3.36. The zero-order chi connectivity index (χ0) is 13.4. The highest BCUT2D eigenvalue weighted by Gasteiger charge is 2.45. The predicted molar refractivity (Wildman–Crippen MR) is 60.3 cm³/mol. The average molecular weight is 261 g/mol. The Hall–Kier alpha value is -1.10. The highest BCUT2D eigenvalue weighted by atomic mass is 19.4. The second-order valence-corrected chi connectivity index (χ2v) is 4.95. The van der Waals surface area contributed by atoms with Crippen molar-refractivity contribution in [1.82, 2.24) is 0 Å². The molecular formula is C13H15F4N. The first-order valence-electron chi connectivity index (χ1n) is 5.93. The number of hydrogen-bond acceptors (Lipinski definition) is 1. The molecule has 0 aromatic heterocycles. The molecular weight excluding hydrogens is 246 g/mol. The molecule has 1 aromatic carbocycles. The van der Waals surface area contributed by atoms with E-state index in [4.69, 9.17) is 5.73 Å². The summed E-state index contributed by atoms with van der Waals surface area (Å²) in [5.41, 5.74) is 5.44. The maximum Gasteiger partial charge on any atom is 0.391 e. The first-order chi connectivity index (χ1) is 8.33. The molecule has 0 spiro atoms. The van der Waals surface area contributed by atoms with Crippen LogP contribution in [0.25, 0.3) is 0 Å². The van der Waals surface area contributed by atoms with E-state index in [0.717, 1.165) is 0 Å². The van der Waals surface area contributed by atoms with E-state index < -0.39 is 23.5 Å². The zero-order valence-electron chi connectivity index (χ0n) is 9.80. The van der Waals surface area contributed by atoms with Gasteiger partial charge in [0, 0.05) is 11.1 Å². The van der Waals surface area contributed by atoms with Crippen LogP contribution in [0.5, 0.6) is 0 Å². The molecule has 0 heterocycles. The molecule has 18 heavy (non-hydrogen) atoms. The predicted octanol–water partition coefficient (Wildman–Crippen LogP) is 3.73. The summed E-state index contributed by atoms with van der Waals surface area (Å²) in [6.45, 7) is 0. The average Bonchev–Trinajstić information content (AvgIpc) is 2.28. The summed E-state index contributed by atoms with van der Waals surface area (Å²) < 4.78 is 51.3. The molecule has 2 rings (SSSR count). The number of nitrogens with two attached hydrogens (primary N) is 1. The third-order valence-electron chi connectivity index (χ3n) is 3.75. The van der Waals surface area contributed by atoms with Crippen LogP contribution in [-0.2, 0) is 5.54 Å². The molecule has 0 atom stereocenters. The van der Waals surface area contributed by atoms with Crippen LogP contribution in [0, 0.1) is 11.7 Å². The van der Waals surface area contributed by atoms with Gasteiger partial charge >= 0.3 is 6.18 Å². The van der Waals surface area contributed by atoms with Gasteiger partial charge in [0.15, 0.2) is 0 Å². The lowest BCUT2D eigenvalue weighted by Gasteiger charge is -2.38. The van der Waals surface area contributed by atoms with Gasteiger partial charge in [0.05, 0.1) is 5.92 Å². The van der Waals surface area contributed by atoms with E-state index in [1.807, 2.05) is 0 Å². The van der Waals surface area contributed by atoms with Gasteiger partial charge in [0.2, 0.25) is 0 Å². The summed E-state index contributed by atoms with van der Waals surface area (Å²) in [7, 11) is 0. The lowest BCUT2D eigenvalue weighted by molar-refractivity contribution is -0.184. The van der Waals surface area contributed by atoms with E-state index >= 15 is 0 Å². The van der Waals surface area contributed by atoms with Gasteiger partial charge in [-0.3, -0.25) is 0 Å². The molecule has 1 nitrogen and oxygen atoms in total. The monoisotopic (exact) mass is 261 g/mol. The molecule has 0 saturated heterocycles. The van der Waals surface area contributed by atoms with Crippen molar-refractivity contribution in [2.75, 3.05) is 0 Å². The van der Waals surface area contributed by atoms with Crippen LogP contribution in [0.1, 0.15) is 31.2 Å². The van der Waals surface area contributed by atoms with Gasteiger partial charge in [-0.05, 0) is 31.7 Å². The molecule has 0 aliphatic heterocycles. The largest absolute Gasteiger partial charge is 0.391 e.